The van der Waals surface area contributed by atoms with E-state index in [9.17, 15) is 13.2 Å². The van der Waals surface area contributed by atoms with E-state index in [0.29, 0.717) is 0 Å². The summed E-state index contributed by atoms with van der Waals surface area (Å²) in [4.78, 5) is 3.76. The van der Waals surface area contributed by atoms with Gasteiger partial charge in [-0.05, 0) is 6.92 Å². The predicted octanol–water partition coefficient (Wildman–Crippen LogP) is 2.21. The third-order valence-electron chi connectivity index (χ3n) is 1.54. The van der Waals surface area contributed by atoms with Crippen LogP contribution in [0.25, 0.3) is 0 Å². The highest BCUT2D eigenvalue weighted by molar-refractivity contribution is 5.43. The van der Waals surface area contributed by atoms with Crippen molar-refractivity contribution in [1.29, 1.82) is 0 Å². The van der Waals surface area contributed by atoms with Gasteiger partial charge >= 0.3 is 6.18 Å². The summed E-state index contributed by atoms with van der Waals surface area (Å²) in [7, 11) is 1.31. The summed E-state index contributed by atoms with van der Waals surface area (Å²) >= 11 is 0. The monoisotopic (exact) mass is 220 g/mol. The van der Waals surface area contributed by atoms with Crippen LogP contribution in [0.4, 0.5) is 13.2 Å². The Morgan fingerprint density at radius 1 is 1.47 bits per heavy atom. The quantitative estimate of drug-likeness (QED) is 0.782. The lowest BCUT2D eigenvalue weighted by atomic mass is 10.3. The van der Waals surface area contributed by atoms with Gasteiger partial charge in [0.15, 0.2) is 18.1 Å². The maximum absolute atomic E-state index is 11.9. The van der Waals surface area contributed by atoms with E-state index < -0.39 is 12.8 Å². The Kier molecular flexibility index (Phi) is 3.39. The predicted molar refractivity (Wildman–Crippen MR) is 46.8 cm³/mol. The number of hydrogen-bond donors (Lipinski definition) is 0. The summed E-state index contributed by atoms with van der Waals surface area (Å²) in [6, 6.07) is 1.29. The Morgan fingerprint density at radius 2 is 2.13 bits per heavy atom. The maximum atomic E-state index is 11.9. The van der Waals surface area contributed by atoms with E-state index in [2.05, 4.69) is 16.6 Å². The summed E-state index contributed by atoms with van der Waals surface area (Å²) in [5, 5.41) is 0. The molecule has 0 aliphatic rings. The van der Waals surface area contributed by atoms with E-state index in [1.165, 1.54) is 19.4 Å². The third-order valence-corrected chi connectivity index (χ3v) is 1.54. The average Bonchev–Trinajstić information content (AvgIpc) is 2.13. The minimum Gasteiger partial charge on any atom is -0.491 e. The molecule has 0 N–H and O–H groups in total. The smallest absolute Gasteiger partial charge is 0.422 e. The van der Waals surface area contributed by atoms with E-state index in [1.807, 2.05) is 0 Å². The average molecular weight is 220 g/mol. The minimum atomic E-state index is -4.38. The van der Waals surface area contributed by atoms with Crippen LogP contribution in [-0.2, 0) is 0 Å². The van der Waals surface area contributed by atoms with E-state index >= 15 is 0 Å². The lowest BCUT2D eigenvalue weighted by molar-refractivity contribution is -0.153. The second-order valence-electron chi connectivity index (χ2n) is 2.69. The van der Waals surface area contributed by atoms with Crippen molar-refractivity contribution in [2.45, 2.75) is 6.18 Å². The zero-order chi connectivity index (χ0) is 11.5. The highest BCUT2D eigenvalue weighted by atomic mass is 19.4. The molecule has 0 aliphatic carbocycles. The fourth-order valence-corrected chi connectivity index (χ4v) is 0.963. The van der Waals surface area contributed by atoms with Crippen LogP contribution in [-0.4, -0.2) is 24.9 Å². The molecule has 6 heteroatoms. The topological polar surface area (TPSA) is 31.4 Å². The Balaban J connectivity index is 2.81. The molecule has 0 aliphatic heterocycles. The molecule has 1 radical (unpaired) electrons. The Hall–Kier alpha value is -1.46. The number of alkyl halides is 3. The third kappa shape index (κ3) is 3.30. The molecule has 1 aromatic rings. The van der Waals surface area contributed by atoms with Gasteiger partial charge in [-0.25, -0.2) is 0 Å². The molecule has 0 amide bonds. The van der Waals surface area contributed by atoms with Crippen LogP contribution in [0.5, 0.6) is 11.5 Å². The van der Waals surface area contributed by atoms with Gasteiger partial charge in [0.25, 0.3) is 0 Å². The van der Waals surface area contributed by atoms with Crippen molar-refractivity contribution in [1.82, 2.24) is 4.98 Å². The molecule has 3 nitrogen and oxygen atoms in total. The van der Waals surface area contributed by atoms with Crippen LogP contribution in [0.2, 0.25) is 0 Å². The standard InChI is InChI=1S/C9H9F3NO2/c1-6-8(14-2)7(3-4-13-6)15-5-9(10,11)12/h3-4H,1,5H2,2H3. The van der Waals surface area contributed by atoms with Crippen molar-refractivity contribution in [3.8, 4) is 11.5 Å². The number of nitrogens with zero attached hydrogens (tertiary/aromatic N) is 1. The first-order valence-electron chi connectivity index (χ1n) is 3.98. The Bertz CT molecular complexity index is 339. The first-order valence-corrected chi connectivity index (χ1v) is 3.98. The molecule has 0 saturated carbocycles. The summed E-state index contributed by atoms with van der Waals surface area (Å²) < 4.78 is 45.0. The van der Waals surface area contributed by atoms with Gasteiger partial charge in [-0.3, -0.25) is 4.98 Å². The van der Waals surface area contributed by atoms with Crippen molar-refractivity contribution in [3.63, 3.8) is 0 Å². The molecule has 83 valence electrons. The van der Waals surface area contributed by atoms with E-state index in [1.54, 1.807) is 0 Å². The minimum absolute atomic E-state index is 0.0187. The van der Waals surface area contributed by atoms with Crippen LogP contribution >= 0.6 is 0 Å². The van der Waals surface area contributed by atoms with Gasteiger partial charge in [0.05, 0.1) is 12.8 Å². The van der Waals surface area contributed by atoms with Gasteiger partial charge in [-0.2, -0.15) is 13.2 Å². The highest BCUT2D eigenvalue weighted by Crippen LogP contribution is 2.30. The lowest BCUT2D eigenvalue weighted by Gasteiger charge is -2.12. The van der Waals surface area contributed by atoms with Crippen molar-refractivity contribution >= 4 is 0 Å². The molecular formula is C9H9F3NO2. The van der Waals surface area contributed by atoms with Gasteiger partial charge in [-0.15, -0.1) is 0 Å². The zero-order valence-corrected chi connectivity index (χ0v) is 7.97. The van der Waals surface area contributed by atoms with Gasteiger partial charge in [0, 0.05) is 12.3 Å². The van der Waals surface area contributed by atoms with Crippen LogP contribution in [0, 0.1) is 6.92 Å². The van der Waals surface area contributed by atoms with Gasteiger partial charge in [-0.1, -0.05) is 0 Å². The van der Waals surface area contributed by atoms with Crippen molar-refractivity contribution in [2.24, 2.45) is 0 Å². The molecule has 0 atom stereocenters. The molecular weight excluding hydrogens is 211 g/mol. The molecule has 0 aromatic carbocycles. The molecule has 0 fully saturated rings. The van der Waals surface area contributed by atoms with E-state index in [-0.39, 0.29) is 17.2 Å². The van der Waals surface area contributed by atoms with E-state index in [0.717, 1.165) is 0 Å². The number of hydrogen-bond acceptors (Lipinski definition) is 3. The zero-order valence-electron chi connectivity index (χ0n) is 7.97. The fourth-order valence-electron chi connectivity index (χ4n) is 0.963. The first kappa shape index (κ1) is 11.6. The lowest BCUT2D eigenvalue weighted by Crippen LogP contribution is -2.19. The number of methoxy groups -OCH3 is 1. The number of pyridine rings is 1. The first-order chi connectivity index (χ1) is 6.94. The Morgan fingerprint density at radius 3 is 2.67 bits per heavy atom. The number of ether oxygens (including phenoxy) is 2. The van der Waals surface area contributed by atoms with Crippen molar-refractivity contribution in [3.05, 3.63) is 24.9 Å². The number of halogens is 3. The molecule has 1 rings (SSSR count). The largest absolute Gasteiger partial charge is 0.491 e. The molecule has 0 spiro atoms. The van der Waals surface area contributed by atoms with E-state index in [4.69, 9.17) is 4.74 Å². The van der Waals surface area contributed by atoms with Crippen LogP contribution in [0.1, 0.15) is 5.69 Å². The summed E-state index contributed by atoms with van der Waals surface area (Å²) in [5.41, 5.74) is 0.233. The number of rotatable bonds is 3. The molecule has 1 heterocycles. The molecule has 15 heavy (non-hydrogen) atoms. The highest BCUT2D eigenvalue weighted by Gasteiger charge is 2.29. The van der Waals surface area contributed by atoms with Gasteiger partial charge < -0.3 is 9.47 Å². The molecule has 0 unspecified atom stereocenters. The van der Waals surface area contributed by atoms with Crippen molar-refractivity contribution < 1.29 is 22.6 Å². The van der Waals surface area contributed by atoms with Crippen LogP contribution < -0.4 is 9.47 Å². The summed E-state index contributed by atoms with van der Waals surface area (Å²) in [5.74, 6) is 0.0941. The molecule has 1 aromatic heterocycles. The SMILES string of the molecule is [CH2]c1nccc(OCC(F)(F)F)c1OC. The second kappa shape index (κ2) is 4.37. The Labute approximate surface area is 84.8 Å². The van der Waals surface area contributed by atoms with Crippen molar-refractivity contribution in [2.75, 3.05) is 13.7 Å². The van der Waals surface area contributed by atoms with Gasteiger partial charge in [0.1, 0.15) is 0 Å². The number of aromatic nitrogens is 1. The van der Waals surface area contributed by atoms with Crippen LogP contribution in [0.3, 0.4) is 0 Å². The fraction of sp³-hybridized carbons (Fsp3) is 0.333. The summed E-state index contributed by atoms with van der Waals surface area (Å²) in [6.45, 7) is 2.13. The molecule has 0 saturated heterocycles. The second-order valence-corrected chi connectivity index (χ2v) is 2.69. The van der Waals surface area contributed by atoms with Crippen LogP contribution in [0.15, 0.2) is 12.3 Å². The maximum Gasteiger partial charge on any atom is 0.422 e. The summed E-state index contributed by atoms with van der Waals surface area (Å²) in [6.07, 6.45) is -3.08. The molecule has 0 bridgehead atoms. The van der Waals surface area contributed by atoms with Gasteiger partial charge in [0.2, 0.25) is 0 Å². The normalized spacial score (nSPS) is 11.3.